The minimum Gasteiger partial charge on any atom is -0.456 e. The molecular weight excluding hydrogens is 358 g/mol. The molecule has 0 aliphatic rings. The van der Waals surface area contributed by atoms with Crippen LogP contribution in [0, 0.1) is 0 Å². The zero-order valence-corrected chi connectivity index (χ0v) is 17.5. The first-order chi connectivity index (χ1) is 14.2. The van der Waals surface area contributed by atoms with E-state index in [4.69, 9.17) is 10.5 Å². The average molecular weight is 390 g/mol. The van der Waals surface area contributed by atoms with Crippen molar-refractivity contribution >= 4 is 16.7 Å². The van der Waals surface area contributed by atoms with Crippen LogP contribution in [0.1, 0.15) is 67.4 Å². The number of unbranched alkanes of at least 4 members (excludes halogenated alkanes) is 3. The van der Waals surface area contributed by atoms with Gasteiger partial charge < -0.3 is 10.5 Å². The number of ether oxygens (including phenoxy) is 1. The third kappa shape index (κ3) is 4.97. The van der Waals surface area contributed by atoms with E-state index < -0.39 is 5.91 Å². The van der Waals surface area contributed by atoms with Crippen molar-refractivity contribution in [1.82, 2.24) is 0 Å². The van der Waals surface area contributed by atoms with Crippen LogP contribution >= 0.6 is 0 Å². The van der Waals surface area contributed by atoms with Crippen molar-refractivity contribution in [1.29, 1.82) is 0 Å². The molecular formula is C26H31NO2. The molecule has 152 valence electrons. The molecule has 3 heteroatoms. The lowest BCUT2D eigenvalue weighted by Gasteiger charge is -2.18. The number of carbonyl (C=O) groups is 1. The summed E-state index contributed by atoms with van der Waals surface area (Å²) < 4.78 is 6.36. The summed E-state index contributed by atoms with van der Waals surface area (Å²) in [5.74, 6) is 0.938. The normalized spacial score (nSPS) is 11.0. The van der Waals surface area contributed by atoms with Crippen LogP contribution in [-0.2, 0) is 12.8 Å². The number of fused-ring (bicyclic) bond motifs is 1. The van der Waals surface area contributed by atoms with Gasteiger partial charge in [0.15, 0.2) is 0 Å². The number of nitrogens with two attached hydrogens (primary N) is 1. The van der Waals surface area contributed by atoms with Gasteiger partial charge in [-0.05, 0) is 59.7 Å². The number of carbonyl (C=O) groups excluding carboxylic acids is 1. The lowest BCUT2D eigenvalue weighted by Crippen LogP contribution is -2.16. The monoisotopic (exact) mass is 389 g/mol. The fourth-order valence-electron chi connectivity index (χ4n) is 3.85. The van der Waals surface area contributed by atoms with Crippen molar-refractivity contribution in [2.45, 2.75) is 58.8 Å². The Labute approximate surface area is 173 Å². The molecule has 3 nitrogen and oxygen atoms in total. The third-order valence-electron chi connectivity index (χ3n) is 5.39. The Kier molecular flexibility index (Phi) is 7.29. The molecule has 0 bridgehead atoms. The number of hydrogen-bond acceptors (Lipinski definition) is 2. The second-order valence-electron chi connectivity index (χ2n) is 7.58. The molecule has 0 aliphatic carbocycles. The standard InChI is InChI=1S/C26H31NO2/c1-3-5-7-12-19-13-9-11-17-23(19)29-24-18-20-14-8-10-16-21(20)22(15-6-4-2)25(24)26(27)28/h8-11,13-14,16-18H,3-7,12,15H2,1-2H3,(H2,27,28). The van der Waals surface area contributed by atoms with E-state index in [-0.39, 0.29) is 0 Å². The predicted molar refractivity (Wildman–Crippen MR) is 121 cm³/mol. The van der Waals surface area contributed by atoms with Gasteiger partial charge >= 0.3 is 0 Å². The number of benzene rings is 3. The second-order valence-corrected chi connectivity index (χ2v) is 7.58. The highest BCUT2D eigenvalue weighted by Crippen LogP contribution is 2.36. The predicted octanol–water partition coefficient (Wildman–Crippen LogP) is 6.81. The lowest BCUT2D eigenvalue weighted by atomic mass is 9.93. The largest absolute Gasteiger partial charge is 0.456 e. The Bertz CT molecular complexity index is 978. The minimum absolute atomic E-state index is 0.430. The summed E-state index contributed by atoms with van der Waals surface area (Å²) in [6.45, 7) is 4.35. The highest BCUT2D eigenvalue weighted by molar-refractivity contribution is 6.03. The minimum atomic E-state index is -0.430. The zero-order valence-electron chi connectivity index (χ0n) is 17.5. The summed E-state index contributed by atoms with van der Waals surface area (Å²) in [5.41, 5.74) is 8.53. The molecule has 0 aromatic heterocycles. The van der Waals surface area contributed by atoms with Crippen LogP contribution in [0.2, 0.25) is 0 Å². The van der Waals surface area contributed by atoms with Crippen molar-refractivity contribution < 1.29 is 9.53 Å². The van der Waals surface area contributed by atoms with Gasteiger partial charge in [-0.3, -0.25) is 4.79 Å². The smallest absolute Gasteiger partial charge is 0.252 e. The van der Waals surface area contributed by atoms with Gasteiger partial charge in [-0.1, -0.05) is 75.6 Å². The summed E-state index contributed by atoms with van der Waals surface area (Å²) in [6, 6.07) is 18.2. The van der Waals surface area contributed by atoms with Gasteiger partial charge in [-0.25, -0.2) is 0 Å². The van der Waals surface area contributed by atoms with Gasteiger partial charge in [-0.2, -0.15) is 0 Å². The van der Waals surface area contributed by atoms with Crippen LogP contribution in [0.4, 0.5) is 0 Å². The van der Waals surface area contributed by atoms with E-state index in [1.807, 2.05) is 36.4 Å². The summed E-state index contributed by atoms with van der Waals surface area (Å²) in [7, 11) is 0. The Morgan fingerprint density at radius 3 is 2.34 bits per heavy atom. The maximum Gasteiger partial charge on any atom is 0.252 e. The molecule has 1 amide bonds. The number of amides is 1. The summed E-state index contributed by atoms with van der Waals surface area (Å²) in [4.78, 5) is 12.5. The van der Waals surface area contributed by atoms with Crippen molar-refractivity contribution in [3.8, 4) is 11.5 Å². The first-order valence-corrected chi connectivity index (χ1v) is 10.8. The number of rotatable bonds is 10. The van der Waals surface area contributed by atoms with E-state index in [0.29, 0.717) is 11.3 Å². The van der Waals surface area contributed by atoms with E-state index in [1.54, 1.807) is 0 Å². The molecule has 0 spiro atoms. The maximum atomic E-state index is 12.5. The number of para-hydroxylation sites is 1. The molecule has 29 heavy (non-hydrogen) atoms. The van der Waals surface area contributed by atoms with Crippen LogP contribution in [-0.4, -0.2) is 5.91 Å². The Hall–Kier alpha value is -2.81. The van der Waals surface area contributed by atoms with Crippen molar-refractivity contribution in [2.24, 2.45) is 5.73 Å². The van der Waals surface area contributed by atoms with Gasteiger partial charge in [0.25, 0.3) is 5.91 Å². The third-order valence-corrected chi connectivity index (χ3v) is 5.39. The summed E-state index contributed by atoms with van der Waals surface area (Å²) in [6.07, 6.45) is 7.33. The molecule has 3 rings (SSSR count). The molecule has 0 radical (unpaired) electrons. The first kappa shape index (κ1) is 20.9. The molecule has 0 atom stereocenters. The van der Waals surface area contributed by atoms with E-state index >= 15 is 0 Å². The SMILES string of the molecule is CCCCCc1ccccc1Oc1cc2ccccc2c(CCCC)c1C(N)=O. The average Bonchev–Trinajstić information content (AvgIpc) is 2.73. The van der Waals surface area contributed by atoms with Crippen LogP contribution in [0.15, 0.2) is 54.6 Å². The van der Waals surface area contributed by atoms with Gasteiger partial charge in [0.05, 0.1) is 5.56 Å². The molecule has 2 N–H and O–H groups in total. The molecule has 0 unspecified atom stereocenters. The van der Waals surface area contributed by atoms with Crippen LogP contribution in [0.3, 0.4) is 0 Å². The fourth-order valence-corrected chi connectivity index (χ4v) is 3.85. The number of hydrogen-bond donors (Lipinski definition) is 1. The highest BCUT2D eigenvalue weighted by atomic mass is 16.5. The van der Waals surface area contributed by atoms with Crippen molar-refractivity contribution in [3.05, 3.63) is 71.3 Å². The quantitative estimate of drug-likeness (QED) is 0.387. The van der Waals surface area contributed by atoms with Gasteiger partial charge in [0.1, 0.15) is 11.5 Å². The lowest BCUT2D eigenvalue weighted by molar-refractivity contribution is 0.0997. The maximum absolute atomic E-state index is 12.5. The Morgan fingerprint density at radius 2 is 1.59 bits per heavy atom. The molecule has 0 aliphatic heterocycles. The first-order valence-electron chi connectivity index (χ1n) is 10.8. The van der Waals surface area contributed by atoms with E-state index in [9.17, 15) is 4.79 Å². The van der Waals surface area contributed by atoms with Crippen molar-refractivity contribution in [2.75, 3.05) is 0 Å². The molecule has 0 saturated carbocycles. The Balaban J connectivity index is 2.08. The van der Waals surface area contributed by atoms with E-state index in [0.717, 1.165) is 54.2 Å². The van der Waals surface area contributed by atoms with Crippen LogP contribution in [0.5, 0.6) is 11.5 Å². The van der Waals surface area contributed by atoms with E-state index in [2.05, 4.69) is 32.0 Å². The molecule has 0 heterocycles. The van der Waals surface area contributed by atoms with Crippen LogP contribution < -0.4 is 10.5 Å². The number of primary amides is 1. The topological polar surface area (TPSA) is 52.3 Å². The van der Waals surface area contributed by atoms with Gasteiger partial charge in [0.2, 0.25) is 0 Å². The zero-order chi connectivity index (χ0) is 20.6. The van der Waals surface area contributed by atoms with Crippen LogP contribution in [0.25, 0.3) is 10.8 Å². The van der Waals surface area contributed by atoms with Gasteiger partial charge in [-0.15, -0.1) is 0 Å². The van der Waals surface area contributed by atoms with Gasteiger partial charge in [0, 0.05) is 0 Å². The fraction of sp³-hybridized carbons (Fsp3) is 0.346. The second kappa shape index (κ2) is 10.1. The van der Waals surface area contributed by atoms with Crippen molar-refractivity contribution in [3.63, 3.8) is 0 Å². The molecule has 3 aromatic rings. The Morgan fingerprint density at radius 1 is 0.862 bits per heavy atom. The number of aryl methyl sites for hydroxylation is 2. The molecule has 0 fully saturated rings. The molecule has 0 saturated heterocycles. The summed E-state index contributed by atoms with van der Waals surface area (Å²) in [5, 5.41) is 2.15. The highest BCUT2D eigenvalue weighted by Gasteiger charge is 2.20. The van der Waals surface area contributed by atoms with E-state index in [1.165, 1.54) is 18.4 Å². The summed E-state index contributed by atoms with van der Waals surface area (Å²) >= 11 is 0. The molecule has 3 aromatic carbocycles.